The van der Waals surface area contributed by atoms with Crippen LogP contribution in [0.5, 0.6) is 0 Å². The number of rotatable bonds is 12. The fraction of sp³-hybridized carbons (Fsp3) is 0.640. The van der Waals surface area contributed by atoms with E-state index in [0.29, 0.717) is 18.8 Å². The molecule has 8 heteroatoms. The SMILES string of the molecule is O=C(O)NC(CC1CCCCC1)C(=O)NC(CO)CCC(=O)NC1(Cc2ccccc2)CC1. The molecule has 3 amide bonds. The third kappa shape index (κ3) is 8.35. The summed E-state index contributed by atoms with van der Waals surface area (Å²) >= 11 is 0. The van der Waals surface area contributed by atoms with E-state index in [2.05, 4.69) is 28.1 Å². The van der Waals surface area contributed by atoms with Gasteiger partial charge in [0.25, 0.3) is 0 Å². The van der Waals surface area contributed by atoms with Gasteiger partial charge in [0.2, 0.25) is 11.8 Å². The molecule has 0 heterocycles. The summed E-state index contributed by atoms with van der Waals surface area (Å²) in [4.78, 5) is 36.5. The first kappa shape index (κ1) is 25.0. The monoisotopic (exact) mass is 459 g/mol. The topological polar surface area (TPSA) is 128 Å². The van der Waals surface area contributed by atoms with Crippen molar-refractivity contribution < 1.29 is 24.6 Å². The maximum Gasteiger partial charge on any atom is 0.405 e. The lowest BCUT2D eigenvalue weighted by molar-refractivity contribution is -0.126. The molecule has 0 radical (unpaired) electrons. The van der Waals surface area contributed by atoms with Crippen LogP contribution >= 0.6 is 0 Å². The molecule has 0 spiro atoms. The summed E-state index contributed by atoms with van der Waals surface area (Å²) in [5.74, 6) is -0.220. The first-order valence-corrected chi connectivity index (χ1v) is 12.1. The van der Waals surface area contributed by atoms with Crippen molar-refractivity contribution in [1.82, 2.24) is 16.0 Å². The Morgan fingerprint density at radius 2 is 1.73 bits per heavy atom. The molecule has 3 rings (SSSR count). The minimum atomic E-state index is -1.24. The van der Waals surface area contributed by atoms with Crippen molar-refractivity contribution >= 4 is 17.9 Å². The van der Waals surface area contributed by atoms with Gasteiger partial charge in [-0.05, 0) is 43.6 Å². The molecule has 2 atom stereocenters. The minimum Gasteiger partial charge on any atom is -0.465 e. The third-order valence-corrected chi connectivity index (χ3v) is 6.84. The second-order valence-corrected chi connectivity index (χ2v) is 9.66. The Morgan fingerprint density at radius 1 is 1.03 bits per heavy atom. The zero-order valence-corrected chi connectivity index (χ0v) is 19.2. The normalized spacial score (nSPS) is 19.2. The average molecular weight is 460 g/mol. The average Bonchev–Trinajstić information content (AvgIpc) is 3.55. The summed E-state index contributed by atoms with van der Waals surface area (Å²) in [6, 6.07) is 8.60. The summed E-state index contributed by atoms with van der Waals surface area (Å²) < 4.78 is 0. The van der Waals surface area contributed by atoms with Crippen molar-refractivity contribution in [1.29, 1.82) is 0 Å². The van der Waals surface area contributed by atoms with E-state index in [9.17, 15) is 19.5 Å². The second kappa shape index (κ2) is 12.0. The van der Waals surface area contributed by atoms with Gasteiger partial charge < -0.3 is 26.2 Å². The maximum atomic E-state index is 12.8. The Bertz CT molecular complexity index is 790. The van der Waals surface area contributed by atoms with Crippen LogP contribution in [0.15, 0.2) is 30.3 Å². The van der Waals surface area contributed by atoms with Crippen molar-refractivity contribution in [3.8, 4) is 0 Å². The molecule has 2 fully saturated rings. The highest BCUT2D eigenvalue weighted by Crippen LogP contribution is 2.38. The number of benzene rings is 1. The van der Waals surface area contributed by atoms with E-state index in [1.165, 1.54) is 12.0 Å². The number of aliphatic hydroxyl groups is 1. The number of aliphatic hydroxyl groups excluding tert-OH is 1. The van der Waals surface area contributed by atoms with E-state index in [1.807, 2.05) is 18.2 Å². The van der Waals surface area contributed by atoms with Gasteiger partial charge in [0.05, 0.1) is 12.6 Å². The van der Waals surface area contributed by atoms with Crippen LogP contribution < -0.4 is 16.0 Å². The first-order chi connectivity index (χ1) is 15.9. The van der Waals surface area contributed by atoms with Gasteiger partial charge in [0.1, 0.15) is 6.04 Å². The van der Waals surface area contributed by atoms with E-state index in [-0.39, 0.29) is 24.5 Å². The van der Waals surface area contributed by atoms with Crippen molar-refractivity contribution in [3.63, 3.8) is 0 Å². The van der Waals surface area contributed by atoms with Crippen LogP contribution in [0.4, 0.5) is 4.79 Å². The molecule has 5 N–H and O–H groups in total. The molecule has 182 valence electrons. The largest absolute Gasteiger partial charge is 0.465 e. The molecular formula is C25H37N3O5. The van der Waals surface area contributed by atoms with Crippen LogP contribution in [0.2, 0.25) is 0 Å². The van der Waals surface area contributed by atoms with E-state index in [0.717, 1.165) is 44.9 Å². The summed E-state index contributed by atoms with van der Waals surface area (Å²) in [6.45, 7) is -0.308. The third-order valence-electron chi connectivity index (χ3n) is 6.84. The van der Waals surface area contributed by atoms with Crippen molar-refractivity contribution in [2.75, 3.05) is 6.61 Å². The van der Waals surface area contributed by atoms with E-state index in [1.54, 1.807) is 0 Å². The fourth-order valence-corrected chi connectivity index (χ4v) is 4.79. The van der Waals surface area contributed by atoms with Crippen molar-refractivity contribution in [2.24, 2.45) is 5.92 Å². The fourth-order valence-electron chi connectivity index (χ4n) is 4.79. The number of carbonyl (C=O) groups excluding carboxylic acids is 2. The quantitative estimate of drug-likeness (QED) is 0.328. The zero-order chi connectivity index (χ0) is 23.7. The van der Waals surface area contributed by atoms with Gasteiger partial charge in [-0.15, -0.1) is 0 Å². The molecule has 0 aliphatic heterocycles. The predicted octanol–water partition coefficient (Wildman–Crippen LogP) is 2.74. The van der Waals surface area contributed by atoms with Gasteiger partial charge in [-0.2, -0.15) is 0 Å². The summed E-state index contributed by atoms with van der Waals surface area (Å²) in [5.41, 5.74) is 0.998. The highest BCUT2D eigenvalue weighted by molar-refractivity contribution is 5.85. The minimum absolute atomic E-state index is 0.0986. The summed E-state index contributed by atoms with van der Waals surface area (Å²) in [5, 5.41) is 27.1. The Labute approximate surface area is 195 Å². The second-order valence-electron chi connectivity index (χ2n) is 9.66. The Balaban J connectivity index is 1.46. The van der Waals surface area contributed by atoms with Gasteiger partial charge in [0.15, 0.2) is 0 Å². The molecule has 0 bridgehead atoms. The first-order valence-electron chi connectivity index (χ1n) is 12.1. The smallest absolute Gasteiger partial charge is 0.405 e. The van der Waals surface area contributed by atoms with Crippen LogP contribution in [0.1, 0.15) is 69.8 Å². The number of carboxylic acid groups (broad SMARTS) is 1. The molecule has 1 aromatic rings. The van der Waals surface area contributed by atoms with Gasteiger partial charge in [-0.3, -0.25) is 9.59 Å². The highest BCUT2D eigenvalue weighted by Gasteiger charge is 2.43. The van der Waals surface area contributed by atoms with Crippen molar-refractivity contribution in [2.45, 2.75) is 88.3 Å². The van der Waals surface area contributed by atoms with Crippen molar-refractivity contribution in [3.05, 3.63) is 35.9 Å². The molecule has 0 saturated heterocycles. The Morgan fingerprint density at radius 3 is 2.33 bits per heavy atom. The van der Waals surface area contributed by atoms with Gasteiger partial charge in [-0.25, -0.2) is 4.79 Å². The standard InChI is InChI=1S/C25H37N3O5/c29-17-20(26-23(31)21(27-24(32)33)15-18-7-3-1-4-8-18)11-12-22(30)28-25(13-14-25)16-19-9-5-2-6-10-19/h2,5-6,9-10,18,20-21,27,29H,1,3-4,7-8,11-17H2,(H,26,31)(H,28,30)(H,32,33). The van der Waals surface area contributed by atoms with Gasteiger partial charge in [-0.1, -0.05) is 62.4 Å². The van der Waals surface area contributed by atoms with Crippen LogP contribution in [-0.4, -0.2) is 52.4 Å². The van der Waals surface area contributed by atoms with E-state index < -0.39 is 24.1 Å². The number of amides is 3. The van der Waals surface area contributed by atoms with E-state index in [4.69, 9.17) is 5.11 Å². The summed E-state index contributed by atoms with van der Waals surface area (Å²) in [7, 11) is 0. The number of hydrogen-bond acceptors (Lipinski definition) is 4. The molecule has 2 aliphatic rings. The number of hydrogen-bond donors (Lipinski definition) is 5. The molecular weight excluding hydrogens is 422 g/mol. The molecule has 2 unspecified atom stereocenters. The lowest BCUT2D eigenvalue weighted by atomic mass is 9.84. The lowest BCUT2D eigenvalue weighted by Gasteiger charge is -2.27. The predicted molar refractivity (Wildman–Crippen MR) is 125 cm³/mol. The Kier molecular flexibility index (Phi) is 9.11. The Hall–Kier alpha value is -2.61. The molecule has 33 heavy (non-hydrogen) atoms. The maximum absolute atomic E-state index is 12.8. The zero-order valence-electron chi connectivity index (χ0n) is 19.2. The molecule has 0 aromatic heterocycles. The van der Waals surface area contributed by atoms with Crippen LogP contribution in [0, 0.1) is 5.92 Å². The van der Waals surface area contributed by atoms with E-state index >= 15 is 0 Å². The lowest BCUT2D eigenvalue weighted by Crippen LogP contribution is -2.51. The van der Waals surface area contributed by atoms with Crippen LogP contribution in [0.25, 0.3) is 0 Å². The number of nitrogens with one attached hydrogen (secondary N) is 3. The number of carbonyl (C=O) groups is 3. The van der Waals surface area contributed by atoms with Gasteiger partial charge in [0, 0.05) is 12.0 Å². The molecule has 8 nitrogen and oxygen atoms in total. The van der Waals surface area contributed by atoms with Crippen LogP contribution in [0.3, 0.4) is 0 Å². The van der Waals surface area contributed by atoms with Gasteiger partial charge >= 0.3 is 6.09 Å². The summed E-state index contributed by atoms with van der Waals surface area (Å²) in [6.07, 6.45) is 7.76. The molecule has 2 saturated carbocycles. The highest BCUT2D eigenvalue weighted by atomic mass is 16.4. The van der Waals surface area contributed by atoms with Crippen LogP contribution in [-0.2, 0) is 16.0 Å². The molecule has 1 aromatic carbocycles. The molecule has 2 aliphatic carbocycles.